The predicted molar refractivity (Wildman–Crippen MR) is 113 cm³/mol. The molecule has 0 spiro atoms. The van der Waals surface area contributed by atoms with Gasteiger partial charge in [-0.2, -0.15) is 0 Å². The molecule has 3 rings (SSSR count). The highest BCUT2D eigenvalue weighted by Gasteiger charge is 2.21. The molecular formula is C22H28ClN3O2. The molecule has 1 aliphatic heterocycles. The van der Waals surface area contributed by atoms with Crippen molar-refractivity contribution >= 4 is 23.2 Å². The topological polar surface area (TPSA) is 54.5 Å². The number of benzene rings is 1. The normalized spacial score (nSPS) is 17.3. The molecule has 0 radical (unpaired) electrons. The number of hydrogen-bond donors (Lipinski definition) is 1. The zero-order valence-corrected chi connectivity index (χ0v) is 17.3. The summed E-state index contributed by atoms with van der Waals surface area (Å²) in [4.78, 5) is 19.4. The van der Waals surface area contributed by atoms with Gasteiger partial charge in [0, 0.05) is 30.9 Å². The summed E-state index contributed by atoms with van der Waals surface area (Å²) in [5, 5.41) is 3.42. The van der Waals surface area contributed by atoms with Crippen LogP contribution in [0.4, 0.5) is 5.69 Å². The third kappa shape index (κ3) is 5.94. The zero-order valence-electron chi connectivity index (χ0n) is 16.6. The summed E-state index contributed by atoms with van der Waals surface area (Å²) in [6.07, 6.45) is 3.77. The van der Waals surface area contributed by atoms with Crippen LogP contribution in [0.1, 0.15) is 37.1 Å². The second kappa shape index (κ2) is 9.89. The number of anilines is 1. The molecule has 1 saturated heterocycles. The molecule has 0 bridgehead atoms. The number of aromatic nitrogens is 1. The molecule has 1 fully saturated rings. The highest BCUT2D eigenvalue weighted by Crippen LogP contribution is 2.27. The maximum atomic E-state index is 12.3. The molecule has 28 heavy (non-hydrogen) atoms. The van der Waals surface area contributed by atoms with Gasteiger partial charge in [-0.15, -0.1) is 0 Å². The van der Waals surface area contributed by atoms with Crippen LogP contribution in [0.15, 0.2) is 36.4 Å². The van der Waals surface area contributed by atoms with Gasteiger partial charge in [-0.05, 0) is 69.0 Å². The first-order valence-corrected chi connectivity index (χ1v) is 10.2. The molecule has 1 unspecified atom stereocenters. The van der Waals surface area contributed by atoms with Crippen molar-refractivity contribution in [1.82, 2.24) is 9.88 Å². The molecule has 150 valence electrons. The number of likely N-dealkylation sites (tertiary alicyclic amines) is 1. The molecule has 1 aromatic heterocycles. The average molecular weight is 402 g/mol. The number of ether oxygens (including phenoxy) is 1. The minimum Gasteiger partial charge on any atom is -0.495 e. The lowest BCUT2D eigenvalue weighted by Gasteiger charge is -2.32. The second-order valence-corrected chi connectivity index (χ2v) is 7.86. The Balaban J connectivity index is 1.46. The predicted octanol–water partition coefficient (Wildman–Crippen LogP) is 4.68. The Morgan fingerprint density at radius 1 is 1.36 bits per heavy atom. The third-order valence-corrected chi connectivity index (χ3v) is 5.45. The van der Waals surface area contributed by atoms with Gasteiger partial charge >= 0.3 is 0 Å². The van der Waals surface area contributed by atoms with Crippen LogP contribution in [0, 0.1) is 12.8 Å². The molecule has 1 atom stereocenters. The summed E-state index contributed by atoms with van der Waals surface area (Å²) in [5.74, 6) is 1.17. The van der Waals surface area contributed by atoms with Gasteiger partial charge < -0.3 is 10.1 Å². The molecule has 1 aliphatic rings. The van der Waals surface area contributed by atoms with Crippen molar-refractivity contribution in [3.63, 3.8) is 0 Å². The molecule has 2 heterocycles. The number of nitrogens with one attached hydrogen (secondary N) is 1. The highest BCUT2D eigenvalue weighted by molar-refractivity contribution is 6.32. The van der Waals surface area contributed by atoms with E-state index in [9.17, 15) is 4.79 Å². The van der Waals surface area contributed by atoms with E-state index in [4.69, 9.17) is 16.3 Å². The number of hydrogen-bond acceptors (Lipinski definition) is 4. The summed E-state index contributed by atoms with van der Waals surface area (Å²) >= 11 is 6.12. The van der Waals surface area contributed by atoms with Crippen LogP contribution in [-0.2, 0) is 11.3 Å². The minimum atomic E-state index is 0.0266. The highest BCUT2D eigenvalue weighted by atomic mass is 35.5. The van der Waals surface area contributed by atoms with Gasteiger partial charge in [0.05, 0.1) is 17.8 Å². The Morgan fingerprint density at radius 3 is 2.96 bits per heavy atom. The van der Waals surface area contributed by atoms with E-state index in [1.807, 2.05) is 13.0 Å². The lowest BCUT2D eigenvalue weighted by molar-refractivity contribution is -0.116. The maximum Gasteiger partial charge on any atom is 0.224 e. The molecular weight excluding hydrogens is 374 g/mol. The van der Waals surface area contributed by atoms with E-state index in [0.29, 0.717) is 28.8 Å². The number of carbonyl (C=O) groups is 1. The molecule has 1 amide bonds. The SMILES string of the molecule is COc1ccc(NC(=O)CCC2CCCN(Cc3cccc(C)n3)C2)cc1Cl. The number of nitrogens with zero attached hydrogens (tertiary/aromatic N) is 2. The fraction of sp³-hybridized carbons (Fsp3) is 0.455. The fourth-order valence-corrected chi connectivity index (χ4v) is 4.01. The largest absolute Gasteiger partial charge is 0.495 e. The second-order valence-electron chi connectivity index (χ2n) is 7.45. The monoisotopic (exact) mass is 401 g/mol. The fourth-order valence-electron chi connectivity index (χ4n) is 3.75. The van der Waals surface area contributed by atoms with Crippen molar-refractivity contribution < 1.29 is 9.53 Å². The van der Waals surface area contributed by atoms with Gasteiger partial charge in [0.1, 0.15) is 5.75 Å². The number of amides is 1. The van der Waals surface area contributed by atoms with Gasteiger partial charge in [0.25, 0.3) is 0 Å². The Morgan fingerprint density at radius 2 is 2.21 bits per heavy atom. The van der Waals surface area contributed by atoms with Crippen LogP contribution in [-0.4, -0.2) is 36.0 Å². The van der Waals surface area contributed by atoms with Gasteiger partial charge in [-0.3, -0.25) is 14.7 Å². The van der Waals surface area contributed by atoms with Gasteiger partial charge in [-0.1, -0.05) is 17.7 Å². The van der Waals surface area contributed by atoms with Crippen molar-refractivity contribution in [3.05, 3.63) is 52.8 Å². The van der Waals surface area contributed by atoms with Crippen LogP contribution < -0.4 is 10.1 Å². The van der Waals surface area contributed by atoms with Crippen molar-refractivity contribution in [2.24, 2.45) is 5.92 Å². The van der Waals surface area contributed by atoms with Gasteiger partial charge in [0.15, 0.2) is 0 Å². The number of carbonyl (C=O) groups excluding carboxylic acids is 1. The van der Waals surface area contributed by atoms with E-state index < -0.39 is 0 Å². The smallest absolute Gasteiger partial charge is 0.224 e. The van der Waals surface area contributed by atoms with Gasteiger partial charge in [0.2, 0.25) is 5.91 Å². The first-order chi connectivity index (χ1) is 13.5. The van der Waals surface area contributed by atoms with Crippen LogP contribution >= 0.6 is 11.6 Å². The summed E-state index contributed by atoms with van der Waals surface area (Å²) in [7, 11) is 1.57. The van der Waals surface area contributed by atoms with Crippen LogP contribution in [0.25, 0.3) is 0 Å². The summed E-state index contributed by atoms with van der Waals surface area (Å²) in [6, 6.07) is 11.5. The third-order valence-electron chi connectivity index (χ3n) is 5.15. The lowest BCUT2D eigenvalue weighted by Crippen LogP contribution is -2.35. The Labute approximate surface area is 172 Å². The van der Waals surface area contributed by atoms with E-state index in [2.05, 4.69) is 27.3 Å². The lowest BCUT2D eigenvalue weighted by atomic mass is 9.93. The number of rotatable bonds is 7. The van der Waals surface area contributed by atoms with Crippen molar-refractivity contribution in [2.45, 2.75) is 39.2 Å². The number of piperidine rings is 1. The number of halogens is 1. The Kier molecular flexibility index (Phi) is 7.29. The number of pyridine rings is 1. The Bertz CT molecular complexity index is 812. The first kappa shape index (κ1) is 20.6. The molecule has 1 aromatic carbocycles. The minimum absolute atomic E-state index is 0.0266. The van der Waals surface area contributed by atoms with Crippen LogP contribution in [0.3, 0.4) is 0 Å². The molecule has 5 nitrogen and oxygen atoms in total. The van der Waals surface area contributed by atoms with Crippen molar-refractivity contribution in [3.8, 4) is 5.75 Å². The van der Waals surface area contributed by atoms with Crippen LogP contribution in [0.5, 0.6) is 5.75 Å². The van der Waals surface area contributed by atoms with E-state index in [1.165, 1.54) is 12.8 Å². The molecule has 0 saturated carbocycles. The first-order valence-electron chi connectivity index (χ1n) is 9.82. The van der Waals surface area contributed by atoms with E-state index in [1.54, 1.807) is 25.3 Å². The maximum absolute atomic E-state index is 12.3. The quantitative estimate of drug-likeness (QED) is 0.731. The molecule has 1 N–H and O–H groups in total. The summed E-state index contributed by atoms with van der Waals surface area (Å²) in [5.41, 5.74) is 2.88. The standard InChI is InChI=1S/C22H28ClN3O2/c1-16-5-3-7-19(24-16)15-26-12-4-6-17(14-26)8-11-22(27)25-18-9-10-21(28-2)20(23)13-18/h3,5,7,9-10,13,17H,4,6,8,11-12,14-15H2,1-2H3,(H,25,27). The van der Waals surface area contributed by atoms with Crippen molar-refractivity contribution in [2.75, 3.05) is 25.5 Å². The molecule has 2 aromatic rings. The van der Waals surface area contributed by atoms with E-state index in [-0.39, 0.29) is 5.91 Å². The summed E-state index contributed by atoms with van der Waals surface area (Å²) in [6.45, 7) is 5.03. The van der Waals surface area contributed by atoms with E-state index >= 15 is 0 Å². The zero-order chi connectivity index (χ0) is 19.9. The van der Waals surface area contributed by atoms with E-state index in [0.717, 1.165) is 37.4 Å². The average Bonchev–Trinajstić information content (AvgIpc) is 2.67. The number of aryl methyl sites for hydroxylation is 1. The van der Waals surface area contributed by atoms with Gasteiger partial charge in [-0.25, -0.2) is 0 Å². The van der Waals surface area contributed by atoms with Crippen LogP contribution in [0.2, 0.25) is 5.02 Å². The molecule has 0 aliphatic carbocycles. The number of methoxy groups -OCH3 is 1. The van der Waals surface area contributed by atoms with Crippen molar-refractivity contribution in [1.29, 1.82) is 0 Å². The summed E-state index contributed by atoms with van der Waals surface area (Å²) < 4.78 is 5.14. The Hall–Kier alpha value is -2.11. The molecule has 6 heteroatoms.